The number of aromatic carboxylic acids is 1. The number of nitrogens with zero attached hydrogens (tertiary/aromatic N) is 3. The van der Waals surface area contributed by atoms with Crippen molar-refractivity contribution in [1.29, 1.82) is 0 Å². The number of likely N-dealkylation sites (tertiary alicyclic amines) is 1. The number of hydrogen-bond donors (Lipinski definition) is 2. The van der Waals surface area contributed by atoms with E-state index < -0.39 is 41.2 Å². The lowest BCUT2D eigenvalue weighted by molar-refractivity contribution is -0.146. The molecule has 12 heteroatoms. The number of carbonyl (C=O) groups is 3. The monoisotopic (exact) mass is 547 g/mol. The van der Waals surface area contributed by atoms with Crippen LogP contribution in [0.2, 0.25) is 5.02 Å². The highest BCUT2D eigenvalue weighted by molar-refractivity contribution is 6.34. The predicted octanol–water partition coefficient (Wildman–Crippen LogP) is 3.92. The Morgan fingerprint density at radius 2 is 1.74 bits per heavy atom. The molecule has 0 spiro atoms. The maximum absolute atomic E-state index is 13.8. The van der Waals surface area contributed by atoms with Crippen molar-refractivity contribution in [2.24, 2.45) is 5.92 Å². The predicted molar refractivity (Wildman–Crippen MR) is 129 cm³/mol. The summed E-state index contributed by atoms with van der Waals surface area (Å²) in [6.45, 7) is 0.409. The molecule has 8 nitrogen and oxygen atoms in total. The summed E-state index contributed by atoms with van der Waals surface area (Å²) < 4.78 is 42.3. The van der Waals surface area contributed by atoms with Crippen LogP contribution in [0.4, 0.5) is 13.2 Å². The number of aromatic nitrogens is 2. The fraction of sp³-hybridized carbons (Fsp3) is 0.308. The lowest BCUT2D eigenvalue weighted by Crippen LogP contribution is -2.55. The Kier molecular flexibility index (Phi) is 6.52. The molecule has 2 heterocycles. The Morgan fingerprint density at radius 3 is 2.34 bits per heavy atom. The normalized spacial score (nSPS) is 17.6. The molecule has 2 aromatic carbocycles. The zero-order valence-electron chi connectivity index (χ0n) is 19.7. The summed E-state index contributed by atoms with van der Waals surface area (Å²) in [5.74, 6) is -2.97. The van der Waals surface area contributed by atoms with Crippen LogP contribution in [0.15, 0.2) is 42.5 Å². The minimum Gasteiger partial charge on any atom is -0.478 e. The molecule has 1 aliphatic carbocycles. The van der Waals surface area contributed by atoms with E-state index in [9.17, 15) is 37.8 Å². The molecule has 1 aliphatic heterocycles. The molecule has 2 N–H and O–H groups in total. The number of rotatable bonds is 4. The molecular formula is C26H21ClF3N3O5. The van der Waals surface area contributed by atoms with Gasteiger partial charge in [-0.3, -0.25) is 9.59 Å². The molecule has 1 saturated heterocycles. The molecule has 1 atom stereocenters. The van der Waals surface area contributed by atoms with E-state index in [4.69, 9.17) is 11.6 Å². The number of alkyl halides is 3. The fourth-order valence-electron chi connectivity index (χ4n) is 4.97. The quantitative estimate of drug-likeness (QED) is 0.512. The minimum atomic E-state index is -4.85. The van der Waals surface area contributed by atoms with Crippen LogP contribution in [0.1, 0.15) is 44.0 Å². The molecule has 0 saturated carbocycles. The van der Waals surface area contributed by atoms with Crippen molar-refractivity contribution in [2.75, 3.05) is 13.1 Å². The number of carboxylic acids is 1. The average Bonchev–Trinajstić information content (AvgIpc) is 3.24. The number of halogens is 4. The number of aliphatic hydroxyl groups is 1. The number of aliphatic hydroxyl groups excluding tert-OH is 1. The maximum Gasteiger partial charge on any atom is 0.417 e. The molecule has 198 valence electrons. The van der Waals surface area contributed by atoms with Crippen LogP contribution in [0.25, 0.3) is 11.3 Å². The van der Waals surface area contributed by atoms with Crippen molar-refractivity contribution in [3.8, 4) is 11.3 Å². The molecule has 1 fully saturated rings. The number of benzene rings is 2. The highest BCUT2D eigenvalue weighted by Crippen LogP contribution is 2.38. The number of amides is 1. The molecule has 1 unspecified atom stereocenters. The lowest BCUT2D eigenvalue weighted by atomic mass is 9.84. The van der Waals surface area contributed by atoms with Crippen LogP contribution < -0.4 is 0 Å². The van der Waals surface area contributed by atoms with Crippen molar-refractivity contribution in [3.05, 3.63) is 75.4 Å². The van der Waals surface area contributed by atoms with E-state index in [-0.39, 0.29) is 36.0 Å². The highest BCUT2D eigenvalue weighted by Gasteiger charge is 2.40. The first-order chi connectivity index (χ1) is 18.0. The number of hydrogen-bond acceptors (Lipinski definition) is 5. The van der Waals surface area contributed by atoms with Crippen molar-refractivity contribution < 1.29 is 37.8 Å². The second kappa shape index (κ2) is 9.55. The van der Waals surface area contributed by atoms with Crippen LogP contribution in [0.3, 0.4) is 0 Å². The number of carbonyl (C=O) groups excluding carboxylic acids is 2. The molecule has 0 radical (unpaired) electrons. The van der Waals surface area contributed by atoms with Gasteiger partial charge in [0.05, 0.1) is 39.2 Å². The van der Waals surface area contributed by atoms with Gasteiger partial charge in [-0.25, -0.2) is 4.79 Å². The van der Waals surface area contributed by atoms with E-state index in [0.29, 0.717) is 35.4 Å². The van der Waals surface area contributed by atoms with Gasteiger partial charge >= 0.3 is 12.1 Å². The van der Waals surface area contributed by atoms with E-state index in [1.54, 1.807) is 0 Å². The van der Waals surface area contributed by atoms with Gasteiger partial charge in [0.1, 0.15) is 0 Å². The topological polar surface area (TPSA) is 113 Å². The minimum absolute atomic E-state index is 0.0337. The Bertz CT molecular complexity index is 1450. The van der Waals surface area contributed by atoms with Gasteiger partial charge in [0.15, 0.2) is 0 Å². The van der Waals surface area contributed by atoms with Crippen LogP contribution >= 0.6 is 11.6 Å². The molecule has 3 aromatic rings. The van der Waals surface area contributed by atoms with Gasteiger partial charge in [-0.05, 0) is 37.1 Å². The maximum atomic E-state index is 13.8. The Labute approximate surface area is 219 Å². The summed E-state index contributed by atoms with van der Waals surface area (Å²) in [7, 11) is 0. The van der Waals surface area contributed by atoms with E-state index in [0.717, 1.165) is 16.8 Å². The number of β-amino-alcohol motifs (C(OH)–C–C–N with tert-alkyl or cyclic N) is 1. The third-order valence-electron chi connectivity index (χ3n) is 6.93. The van der Waals surface area contributed by atoms with Crippen molar-refractivity contribution >= 4 is 29.4 Å². The van der Waals surface area contributed by atoms with Gasteiger partial charge < -0.3 is 15.1 Å². The molecule has 38 heavy (non-hydrogen) atoms. The first-order valence-corrected chi connectivity index (χ1v) is 12.1. The summed E-state index contributed by atoms with van der Waals surface area (Å²) in [5, 5.41) is 22.8. The Hall–Kier alpha value is -3.70. The third kappa shape index (κ3) is 4.56. The van der Waals surface area contributed by atoms with Crippen molar-refractivity contribution in [1.82, 2.24) is 14.7 Å². The van der Waals surface area contributed by atoms with Gasteiger partial charge in [0.2, 0.25) is 5.91 Å². The first-order valence-electron chi connectivity index (χ1n) is 11.8. The Balaban J connectivity index is 1.61. The summed E-state index contributed by atoms with van der Waals surface area (Å²) in [5.41, 5.74) is -0.240. The summed E-state index contributed by atoms with van der Waals surface area (Å²) in [4.78, 5) is 39.4. The SMILES string of the molecule is O=C(O)c1ccc(-c2nn(C(=O)c3c(Cl)cccc3C(F)(F)F)c3c2CCC(C(=O)N2CC(O)C2)C3)cc1. The largest absolute Gasteiger partial charge is 0.478 e. The molecular weight excluding hydrogens is 527 g/mol. The standard InChI is InChI=1S/C26H21ClF3N3O5/c27-19-3-1-2-18(26(28,29)30)21(19)24(36)33-20-10-15(23(35)32-11-16(34)12-32)8-9-17(20)22(31-33)13-4-6-14(7-5-13)25(37)38/h1-7,15-16,34H,8-12H2,(H,37,38). The molecule has 2 aliphatic rings. The van der Waals surface area contributed by atoms with Gasteiger partial charge in [-0.2, -0.15) is 23.0 Å². The summed E-state index contributed by atoms with van der Waals surface area (Å²) in [6, 6.07) is 8.81. The van der Waals surface area contributed by atoms with Crippen molar-refractivity contribution in [3.63, 3.8) is 0 Å². The molecule has 5 rings (SSSR count). The smallest absolute Gasteiger partial charge is 0.417 e. The lowest BCUT2D eigenvalue weighted by Gasteiger charge is -2.39. The van der Waals surface area contributed by atoms with Crippen LogP contribution in [0.5, 0.6) is 0 Å². The third-order valence-corrected chi connectivity index (χ3v) is 7.24. The zero-order chi connectivity index (χ0) is 27.4. The van der Waals surface area contributed by atoms with Gasteiger partial charge in [-0.1, -0.05) is 29.8 Å². The molecule has 1 aromatic heterocycles. The second-order valence-corrected chi connectivity index (χ2v) is 9.78. The van der Waals surface area contributed by atoms with Gasteiger partial charge in [0.25, 0.3) is 5.91 Å². The van der Waals surface area contributed by atoms with E-state index in [1.807, 2.05) is 0 Å². The van der Waals surface area contributed by atoms with Gasteiger partial charge in [-0.15, -0.1) is 0 Å². The summed E-state index contributed by atoms with van der Waals surface area (Å²) in [6.07, 6.45) is -4.65. The number of carboxylic acid groups (broad SMARTS) is 1. The fourth-order valence-corrected chi connectivity index (χ4v) is 5.23. The highest BCUT2D eigenvalue weighted by atomic mass is 35.5. The van der Waals surface area contributed by atoms with Gasteiger partial charge in [0, 0.05) is 36.6 Å². The van der Waals surface area contributed by atoms with Crippen LogP contribution in [0, 0.1) is 5.92 Å². The summed E-state index contributed by atoms with van der Waals surface area (Å²) >= 11 is 6.09. The molecule has 1 amide bonds. The second-order valence-electron chi connectivity index (χ2n) is 9.37. The first kappa shape index (κ1) is 25.9. The zero-order valence-corrected chi connectivity index (χ0v) is 20.5. The average molecular weight is 548 g/mol. The van der Waals surface area contributed by atoms with Crippen molar-refractivity contribution in [2.45, 2.75) is 31.5 Å². The van der Waals surface area contributed by atoms with E-state index in [1.165, 1.54) is 35.2 Å². The van der Waals surface area contributed by atoms with Crippen LogP contribution in [-0.4, -0.2) is 61.9 Å². The molecule has 0 bridgehead atoms. The number of fused-ring (bicyclic) bond motifs is 1. The van der Waals surface area contributed by atoms with Crippen LogP contribution in [-0.2, 0) is 23.8 Å². The van der Waals surface area contributed by atoms with E-state index in [2.05, 4.69) is 5.10 Å². The van der Waals surface area contributed by atoms with E-state index >= 15 is 0 Å². The Morgan fingerprint density at radius 1 is 1.05 bits per heavy atom.